The number of carbonyl (C=O) groups is 6. The Morgan fingerprint density at radius 2 is 1.38 bits per heavy atom. The molecule has 416 valence electrons. The number of alkyl carbamates (subject to hydrolysis) is 1. The molecule has 6 aromatic rings. The average molecular weight is 1110 g/mol. The van der Waals surface area contributed by atoms with E-state index in [-0.39, 0.29) is 37.1 Å². The van der Waals surface area contributed by atoms with Gasteiger partial charge >= 0.3 is 12.1 Å². The van der Waals surface area contributed by atoms with Crippen LogP contribution in [0.25, 0.3) is 11.1 Å². The Hall–Kier alpha value is -8.49. The SMILES string of the molecule is Cc1ccccc1N(C(=O)CN(C)C(=O)C(NC(=O)OCC1c2ccccc2-c2ccccc21)[C@@H](C)C(=O)OC(c1ccccc1)(c1ccc(O)cc1)C1CC=CC=C1Cl)C1(C(=O)NCC(=O)N2CCCCC2)CC1c1ccccc1. The van der Waals surface area contributed by atoms with Gasteiger partial charge in [-0.2, -0.15) is 0 Å². The van der Waals surface area contributed by atoms with Crippen LogP contribution >= 0.6 is 11.6 Å². The van der Waals surface area contributed by atoms with Crippen molar-refractivity contribution in [1.82, 2.24) is 20.4 Å². The number of allylic oxidation sites excluding steroid dienone is 3. The highest BCUT2D eigenvalue weighted by Gasteiger charge is 2.66. The van der Waals surface area contributed by atoms with Gasteiger partial charge in [-0.1, -0.05) is 163 Å². The molecular formula is C66H66ClN5O9. The number of halogens is 1. The summed E-state index contributed by atoms with van der Waals surface area (Å²) in [6.07, 6.45) is 7.81. The van der Waals surface area contributed by atoms with Gasteiger partial charge in [-0.3, -0.25) is 28.9 Å². The number of phenolic OH excluding ortho intramolecular Hbond substituents is 1. The minimum atomic E-state index is -1.69. The Balaban J connectivity index is 0.987. The molecule has 0 radical (unpaired) electrons. The van der Waals surface area contributed by atoms with Crippen LogP contribution in [0.15, 0.2) is 181 Å². The zero-order valence-corrected chi connectivity index (χ0v) is 46.4. The lowest BCUT2D eigenvalue weighted by molar-refractivity contribution is -0.168. The van der Waals surface area contributed by atoms with Crippen molar-refractivity contribution in [2.45, 2.75) is 75.0 Å². The molecule has 0 bridgehead atoms. The summed E-state index contributed by atoms with van der Waals surface area (Å²) in [6, 6.07) is 46.0. The quantitative estimate of drug-likeness (QED) is 0.0708. The summed E-state index contributed by atoms with van der Waals surface area (Å²) >= 11 is 7.08. The van der Waals surface area contributed by atoms with Crippen LogP contribution in [-0.2, 0) is 39.0 Å². The number of hydrogen-bond donors (Lipinski definition) is 3. The molecule has 3 aliphatic carbocycles. The van der Waals surface area contributed by atoms with E-state index in [1.807, 2.05) is 140 Å². The molecule has 6 atom stereocenters. The topological polar surface area (TPSA) is 175 Å². The molecule has 5 unspecified atom stereocenters. The van der Waals surface area contributed by atoms with Crippen LogP contribution in [0.2, 0.25) is 0 Å². The average Bonchev–Trinajstić information content (AvgIpc) is 3.67. The first kappa shape index (κ1) is 55.8. The van der Waals surface area contributed by atoms with Gasteiger partial charge in [-0.15, -0.1) is 0 Å². The number of esters is 1. The van der Waals surface area contributed by atoms with Crippen molar-refractivity contribution in [2.24, 2.45) is 11.8 Å². The van der Waals surface area contributed by atoms with E-state index in [9.17, 15) is 14.7 Å². The maximum Gasteiger partial charge on any atom is 0.407 e. The van der Waals surface area contributed by atoms with E-state index in [2.05, 4.69) is 10.6 Å². The van der Waals surface area contributed by atoms with Crippen molar-refractivity contribution in [3.63, 3.8) is 0 Å². The zero-order chi connectivity index (χ0) is 56.8. The summed E-state index contributed by atoms with van der Waals surface area (Å²) in [5.74, 6) is -6.07. The molecular weight excluding hydrogens is 1040 g/mol. The van der Waals surface area contributed by atoms with E-state index < -0.39 is 71.3 Å². The fourth-order valence-corrected chi connectivity index (χ4v) is 12.5. The summed E-state index contributed by atoms with van der Waals surface area (Å²) in [5, 5.41) is 16.5. The number of nitrogens with zero attached hydrogens (tertiary/aromatic N) is 3. The molecule has 81 heavy (non-hydrogen) atoms. The van der Waals surface area contributed by atoms with Gasteiger partial charge in [0.05, 0.1) is 19.0 Å². The van der Waals surface area contributed by atoms with Gasteiger partial charge in [0.1, 0.15) is 23.9 Å². The molecule has 2 fully saturated rings. The lowest BCUT2D eigenvalue weighted by Crippen LogP contribution is -2.59. The number of anilines is 1. The number of carbonyl (C=O) groups excluding carboxylic acids is 6. The smallest absolute Gasteiger partial charge is 0.407 e. The first-order valence-electron chi connectivity index (χ1n) is 27.7. The lowest BCUT2D eigenvalue weighted by atomic mass is 9.73. The van der Waals surface area contributed by atoms with E-state index in [1.165, 1.54) is 31.0 Å². The highest BCUT2D eigenvalue weighted by Crippen LogP contribution is 2.57. The van der Waals surface area contributed by atoms with Crippen LogP contribution in [0.5, 0.6) is 5.75 Å². The second-order valence-electron chi connectivity index (χ2n) is 21.5. The van der Waals surface area contributed by atoms with Gasteiger partial charge in [0.25, 0.3) is 0 Å². The maximum absolute atomic E-state index is 15.5. The van der Waals surface area contributed by atoms with Crippen LogP contribution in [0.4, 0.5) is 10.5 Å². The third-order valence-electron chi connectivity index (χ3n) is 16.5. The molecule has 1 heterocycles. The van der Waals surface area contributed by atoms with Crippen molar-refractivity contribution in [3.8, 4) is 16.9 Å². The summed E-state index contributed by atoms with van der Waals surface area (Å²) in [6.45, 7) is 3.52. The number of likely N-dealkylation sites (N-methyl/N-ethyl adjacent to an activating group) is 1. The molecule has 3 N–H and O–H groups in total. The molecule has 0 spiro atoms. The Bertz CT molecular complexity index is 3340. The number of phenols is 1. The Morgan fingerprint density at radius 3 is 2.04 bits per heavy atom. The normalized spacial score (nSPS) is 19.5. The van der Waals surface area contributed by atoms with E-state index in [0.717, 1.165) is 52.0 Å². The Labute approximate surface area is 477 Å². The van der Waals surface area contributed by atoms with Crippen molar-refractivity contribution in [3.05, 3.63) is 214 Å². The zero-order valence-electron chi connectivity index (χ0n) is 45.6. The summed E-state index contributed by atoms with van der Waals surface area (Å²) in [4.78, 5) is 93.7. The fourth-order valence-electron chi connectivity index (χ4n) is 12.1. The van der Waals surface area contributed by atoms with Crippen LogP contribution < -0.4 is 15.5 Å². The molecule has 10 rings (SSSR count). The minimum Gasteiger partial charge on any atom is -0.508 e. The van der Waals surface area contributed by atoms with Crippen LogP contribution in [0.1, 0.15) is 84.2 Å². The van der Waals surface area contributed by atoms with Crippen molar-refractivity contribution in [2.75, 3.05) is 44.7 Å². The van der Waals surface area contributed by atoms with E-state index in [1.54, 1.807) is 35.2 Å². The summed E-state index contributed by atoms with van der Waals surface area (Å²) in [7, 11) is 1.40. The lowest BCUT2D eigenvalue weighted by Gasteiger charge is -2.42. The predicted molar refractivity (Wildman–Crippen MR) is 310 cm³/mol. The molecule has 1 saturated carbocycles. The number of fused-ring (bicyclic) bond motifs is 3. The second kappa shape index (κ2) is 24.1. The third kappa shape index (κ3) is 11.2. The number of rotatable bonds is 18. The molecule has 1 aliphatic heterocycles. The number of likely N-dealkylation sites (tertiary alicyclic amines) is 1. The standard InChI is InChI=1S/C66H66ClN5O9/c1-43-21-11-18-32-57(43)72(65(39-55(65)45-22-7-4-8-23-45)63(78)68-40-58(74)71-37-19-6-20-38-71)59(75)41-70(3)61(76)60(69-64(79)80-42-53-51-28-14-12-26-49(51)50-27-13-15-29-52(50)53)44(2)62(77)81-66(46-24-9-5-10-25-46,47-33-35-48(73)36-34-47)54-30-16-17-31-56(54)67/h4-5,7-18,21-29,31-36,44,53-55,60,73H,6,19-20,30,37-42H2,1-3H3,(H,68,78)(H,69,79)/t44-,54?,55?,60?,65?,66?/m1/s1. The van der Waals surface area contributed by atoms with E-state index >= 15 is 19.2 Å². The molecule has 6 aromatic carbocycles. The third-order valence-corrected chi connectivity index (χ3v) is 16.9. The number of benzene rings is 6. The monoisotopic (exact) mass is 1110 g/mol. The van der Waals surface area contributed by atoms with Crippen LogP contribution in [-0.4, -0.2) is 102 Å². The molecule has 15 heteroatoms. The van der Waals surface area contributed by atoms with Gasteiger partial charge in [0.2, 0.25) is 23.6 Å². The first-order chi connectivity index (χ1) is 39.2. The van der Waals surface area contributed by atoms with E-state index in [4.69, 9.17) is 21.1 Å². The molecule has 1 saturated heterocycles. The van der Waals surface area contributed by atoms with E-state index in [0.29, 0.717) is 46.9 Å². The number of aromatic hydroxyl groups is 1. The molecule has 5 amide bonds. The predicted octanol–water partition coefficient (Wildman–Crippen LogP) is 10.3. The number of nitrogens with one attached hydrogen (secondary N) is 2. The van der Waals surface area contributed by atoms with Crippen molar-refractivity contribution >= 4 is 53.0 Å². The number of aryl methyl sites for hydroxylation is 1. The van der Waals surface area contributed by atoms with Gasteiger partial charge in [-0.05, 0) is 104 Å². The van der Waals surface area contributed by atoms with Gasteiger partial charge in [0.15, 0.2) is 5.60 Å². The molecule has 14 nitrogen and oxygen atoms in total. The fraction of sp³-hybridized carbons (Fsp3) is 0.303. The molecule has 4 aliphatic rings. The minimum absolute atomic E-state index is 0.0195. The van der Waals surface area contributed by atoms with Gasteiger partial charge < -0.3 is 35.0 Å². The number of para-hydroxylation sites is 1. The second-order valence-corrected chi connectivity index (χ2v) is 21.9. The van der Waals surface area contributed by atoms with Crippen LogP contribution in [0, 0.1) is 18.8 Å². The number of ether oxygens (including phenoxy) is 2. The summed E-state index contributed by atoms with van der Waals surface area (Å²) in [5.41, 5.74) is 3.76. The first-order valence-corrected chi connectivity index (χ1v) is 28.1. The van der Waals surface area contributed by atoms with Gasteiger partial charge in [-0.25, -0.2) is 4.79 Å². The molecule has 0 aromatic heterocycles. The van der Waals surface area contributed by atoms with Crippen LogP contribution in [0.3, 0.4) is 0 Å². The summed E-state index contributed by atoms with van der Waals surface area (Å²) < 4.78 is 12.9. The Morgan fingerprint density at radius 1 is 0.778 bits per heavy atom. The number of amides is 5. The maximum atomic E-state index is 15.5. The highest BCUT2D eigenvalue weighted by molar-refractivity contribution is 6.30. The number of hydrogen-bond acceptors (Lipinski definition) is 9. The highest BCUT2D eigenvalue weighted by atomic mass is 35.5. The largest absolute Gasteiger partial charge is 0.508 e. The number of piperidine rings is 1. The van der Waals surface area contributed by atoms with Gasteiger partial charge in [0, 0.05) is 59.7 Å². The Kier molecular flexibility index (Phi) is 16.6. The van der Waals surface area contributed by atoms with Crippen molar-refractivity contribution < 1.29 is 43.3 Å². The van der Waals surface area contributed by atoms with Crippen molar-refractivity contribution in [1.29, 1.82) is 0 Å².